The number of aromatic nitrogens is 2. The number of aliphatic hydroxyl groups is 3. The molecule has 10 nitrogen and oxygen atoms in total. The van der Waals surface area contributed by atoms with Crippen molar-refractivity contribution in [2.24, 2.45) is 0 Å². The van der Waals surface area contributed by atoms with Gasteiger partial charge in [0, 0.05) is 13.1 Å². The molecule has 30 heavy (non-hydrogen) atoms. The second-order valence-electron chi connectivity index (χ2n) is 7.13. The van der Waals surface area contributed by atoms with Gasteiger partial charge in [-0.2, -0.15) is 0 Å². The molecule has 4 rings (SSSR count). The highest BCUT2D eigenvalue weighted by Crippen LogP contribution is 2.37. The molecule has 0 aliphatic carbocycles. The fraction of sp³-hybridized carbons (Fsp3) is 0.400. The zero-order valence-corrected chi connectivity index (χ0v) is 16.4. The number of ether oxygens (including phenoxy) is 1. The molecule has 0 unspecified atom stereocenters. The molecule has 10 heteroatoms. The van der Waals surface area contributed by atoms with Gasteiger partial charge in [-0.15, -0.1) is 0 Å². The van der Waals surface area contributed by atoms with E-state index in [1.807, 2.05) is 35.5 Å². The van der Waals surface area contributed by atoms with E-state index in [4.69, 9.17) is 4.74 Å². The van der Waals surface area contributed by atoms with Crippen molar-refractivity contribution < 1.29 is 20.1 Å². The molecule has 5 N–H and O–H groups in total. The van der Waals surface area contributed by atoms with Crippen molar-refractivity contribution >= 4 is 11.5 Å². The second kappa shape index (κ2) is 9.37. The number of rotatable bonds is 8. The highest BCUT2D eigenvalue weighted by Gasteiger charge is 2.47. The Labute approximate surface area is 174 Å². The van der Waals surface area contributed by atoms with Crippen LogP contribution in [-0.2, 0) is 11.3 Å². The Kier molecular flexibility index (Phi) is 6.41. The SMILES string of the molecule is OC[C@H]1O[C@@H](N2CN(NCC=CNCc3ccccc3)c3ncncc32)[C@H](O)[C@@H]1O. The predicted molar refractivity (Wildman–Crippen MR) is 110 cm³/mol. The van der Waals surface area contributed by atoms with E-state index >= 15 is 0 Å². The molecular weight excluding hydrogens is 388 g/mol. The van der Waals surface area contributed by atoms with Crippen LogP contribution in [0.1, 0.15) is 5.56 Å². The van der Waals surface area contributed by atoms with E-state index in [1.165, 1.54) is 11.9 Å². The van der Waals surface area contributed by atoms with E-state index in [0.717, 1.165) is 6.54 Å². The minimum Gasteiger partial charge on any atom is -0.394 e. The van der Waals surface area contributed by atoms with Crippen molar-refractivity contribution in [1.82, 2.24) is 20.7 Å². The summed E-state index contributed by atoms with van der Waals surface area (Å²) in [6.07, 6.45) is 2.97. The Morgan fingerprint density at radius 3 is 2.80 bits per heavy atom. The van der Waals surface area contributed by atoms with Crippen molar-refractivity contribution in [3.63, 3.8) is 0 Å². The third-order valence-corrected chi connectivity index (χ3v) is 5.14. The molecule has 0 saturated carbocycles. The molecule has 1 saturated heterocycles. The lowest BCUT2D eigenvalue weighted by molar-refractivity contribution is -0.0221. The van der Waals surface area contributed by atoms with Crippen molar-refractivity contribution in [3.05, 3.63) is 60.7 Å². The number of hydrazine groups is 1. The second-order valence-corrected chi connectivity index (χ2v) is 7.13. The largest absolute Gasteiger partial charge is 0.394 e. The molecule has 0 radical (unpaired) electrons. The Balaban J connectivity index is 1.34. The van der Waals surface area contributed by atoms with E-state index in [0.29, 0.717) is 24.7 Å². The van der Waals surface area contributed by atoms with Gasteiger partial charge >= 0.3 is 0 Å². The average molecular weight is 414 g/mol. The summed E-state index contributed by atoms with van der Waals surface area (Å²) in [7, 11) is 0. The van der Waals surface area contributed by atoms with Crippen molar-refractivity contribution in [2.45, 2.75) is 31.1 Å². The van der Waals surface area contributed by atoms with Crippen LogP contribution >= 0.6 is 0 Å². The molecule has 2 aliphatic heterocycles. The molecule has 0 amide bonds. The van der Waals surface area contributed by atoms with Gasteiger partial charge in [0.2, 0.25) is 0 Å². The van der Waals surface area contributed by atoms with Crippen LogP contribution in [0.3, 0.4) is 0 Å². The number of nitrogens with one attached hydrogen (secondary N) is 2. The molecule has 1 aromatic carbocycles. The summed E-state index contributed by atoms with van der Waals surface area (Å²) in [5.74, 6) is 0.647. The molecule has 2 aromatic rings. The monoisotopic (exact) mass is 414 g/mol. The van der Waals surface area contributed by atoms with Gasteiger partial charge in [0.25, 0.3) is 0 Å². The number of nitrogens with zero attached hydrogens (tertiary/aromatic N) is 4. The molecule has 1 fully saturated rings. The topological polar surface area (TPSA) is 126 Å². The van der Waals surface area contributed by atoms with E-state index in [2.05, 4.69) is 32.8 Å². The molecular formula is C20H26N6O4. The number of benzene rings is 1. The van der Waals surface area contributed by atoms with E-state index in [-0.39, 0.29) is 6.61 Å². The summed E-state index contributed by atoms with van der Waals surface area (Å²) in [6.45, 7) is 1.26. The van der Waals surface area contributed by atoms with Crippen LogP contribution in [0.2, 0.25) is 0 Å². The lowest BCUT2D eigenvalue weighted by Crippen LogP contribution is -2.48. The highest BCUT2D eigenvalue weighted by atomic mass is 16.6. The van der Waals surface area contributed by atoms with Gasteiger partial charge < -0.3 is 30.3 Å². The average Bonchev–Trinajstić information content (AvgIpc) is 3.29. The van der Waals surface area contributed by atoms with Crippen LogP contribution in [0.5, 0.6) is 0 Å². The molecule has 3 heterocycles. The first kappa shape index (κ1) is 20.5. The Morgan fingerprint density at radius 1 is 1.20 bits per heavy atom. The lowest BCUT2D eigenvalue weighted by Gasteiger charge is -2.28. The van der Waals surface area contributed by atoms with Crippen molar-refractivity contribution in [1.29, 1.82) is 0 Å². The lowest BCUT2D eigenvalue weighted by atomic mass is 10.1. The van der Waals surface area contributed by atoms with Gasteiger partial charge in [0.05, 0.1) is 12.8 Å². The maximum atomic E-state index is 10.4. The normalized spacial score (nSPS) is 25.8. The van der Waals surface area contributed by atoms with Gasteiger partial charge in [-0.25, -0.2) is 15.4 Å². The summed E-state index contributed by atoms with van der Waals surface area (Å²) < 4.78 is 5.67. The molecule has 1 aromatic heterocycles. The minimum atomic E-state index is -1.16. The fourth-order valence-electron chi connectivity index (χ4n) is 3.58. The number of fused-ring (bicyclic) bond motifs is 1. The molecule has 160 valence electrons. The summed E-state index contributed by atoms with van der Waals surface area (Å²) in [4.78, 5) is 10.2. The molecule has 4 atom stereocenters. The van der Waals surface area contributed by atoms with E-state index in [1.54, 1.807) is 11.1 Å². The van der Waals surface area contributed by atoms with Crippen molar-refractivity contribution in [3.8, 4) is 0 Å². The molecule has 0 spiro atoms. The van der Waals surface area contributed by atoms with Gasteiger partial charge in [0.1, 0.15) is 37.0 Å². The highest BCUT2D eigenvalue weighted by molar-refractivity contribution is 5.71. The first-order valence-corrected chi connectivity index (χ1v) is 9.81. The van der Waals surface area contributed by atoms with Gasteiger partial charge in [-0.05, 0) is 11.8 Å². The molecule has 2 aliphatic rings. The number of aliphatic hydroxyl groups excluding tert-OH is 3. The summed E-state index contributed by atoms with van der Waals surface area (Å²) in [6, 6.07) is 10.1. The van der Waals surface area contributed by atoms with E-state index < -0.39 is 24.5 Å². The summed E-state index contributed by atoms with van der Waals surface area (Å²) in [5.41, 5.74) is 5.14. The third-order valence-electron chi connectivity index (χ3n) is 5.14. The first-order valence-electron chi connectivity index (χ1n) is 9.81. The smallest absolute Gasteiger partial charge is 0.171 e. The quantitative estimate of drug-likeness (QED) is 0.379. The number of anilines is 2. The van der Waals surface area contributed by atoms with Crippen LogP contribution in [0, 0.1) is 0 Å². The van der Waals surface area contributed by atoms with Crippen LogP contribution in [0.4, 0.5) is 11.5 Å². The van der Waals surface area contributed by atoms with Gasteiger partial charge in [-0.1, -0.05) is 36.4 Å². The summed E-state index contributed by atoms with van der Waals surface area (Å²) >= 11 is 0. The van der Waals surface area contributed by atoms with Crippen LogP contribution in [0.15, 0.2) is 55.1 Å². The fourth-order valence-corrected chi connectivity index (χ4v) is 3.58. The van der Waals surface area contributed by atoms with Gasteiger partial charge in [0.15, 0.2) is 12.0 Å². The Morgan fingerprint density at radius 2 is 2.03 bits per heavy atom. The predicted octanol–water partition coefficient (Wildman–Crippen LogP) is -0.692. The summed E-state index contributed by atoms with van der Waals surface area (Å²) in [5, 5.41) is 34.9. The number of hydrogen-bond donors (Lipinski definition) is 5. The third kappa shape index (κ3) is 4.23. The Hall–Kier alpha value is -2.76. The number of hydrogen-bond acceptors (Lipinski definition) is 10. The van der Waals surface area contributed by atoms with E-state index in [9.17, 15) is 15.3 Å². The minimum absolute atomic E-state index is 0.339. The maximum absolute atomic E-state index is 10.4. The first-order chi connectivity index (χ1) is 14.7. The molecule has 0 bridgehead atoms. The Bertz CT molecular complexity index is 854. The zero-order chi connectivity index (χ0) is 20.9. The van der Waals surface area contributed by atoms with Gasteiger partial charge in [-0.3, -0.25) is 5.01 Å². The maximum Gasteiger partial charge on any atom is 0.171 e. The van der Waals surface area contributed by atoms with Crippen LogP contribution < -0.4 is 20.7 Å². The van der Waals surface area contributed by atoms with Crippen LogP contribution in [-0.4, -0.2) is 69.6 Å². The van der Waals surface area contributed by atoms with Crippen molar-refractivity contribution in [2.75, 3.05) is 29.7 Å². The zero-order valence-electron chi connectivity index (χ0n) is 16.4. The van der Waals surface area contributed by atoms with Crippen LogP contribution in [0.25, 0.3) is 0 Å². The standard InChI is InChI=1S/C20H26N6O4/c27-11-16-17(28)18(29)20(30-16)25-13-26(19-15(25)10-22-12-23-19)24-8-4-7-21-9-14-5-2-1-3-6-14/h1-7,10,12,16-18,20-21,24,27-29H,8-9,11,13H2/t16-,17-,18-,20-/m1/s1.